The largest absolute Gasteiger partial charge is 0.508 e. The summed E-state index contributed by atoms with van der Waals surface area (Å²) in [6.07, 6.45) is 6.98. The van der Waals surface area contributed by atoms with Gasteiger partial charge < -0.3 is 20.3 Å². The highest BCUT2D eigenvalue weighted by molar-refractivity contribution is 5.98. The van der Waals surface area contributed by atoms with Gasteiger partial charge in [0.05, 0.1) is 0 Å². The van der Waals surface area contributed by atoms with Crippen molar-refractivity contribution < 1.29 is 14.9 Å². The Labute approximate surface area is 215 Å². The summed E-state index contributed by atoms with van der Waals surface area (Å²) in [5.41, 5.74) is 5.72. The van der Waals surface area contributed by atoms with Gasteiger partial charge in [0.1, 0.15) is 24.2 Å². The van der Waals surface area contributed by atoms with Crippen molar-refractivity contribution in [2.24, 2.45) is 5.92 Å². The van der Waals surface area contributed by atoms with E-state index in [1.165, 1.54) is 43.2 Å². The van der Waals surface area contributed by atoms with Crippen LogP contribution >= 0.6 is 0 Å². The van der Waals surface area contributed by atoms with Crippen molar-refractivity contribution in [3.8, 4) is 11.5 Å². The third-order valence-corrected chi connectivity index (χ3v) is 7.06. The van der Waals surface area contributed by atoms with Gasteiger partial charge in [-0.1, -0.05) is 80.8 Å². The van der Waals surface area contributed by atoms with Gasteiger partial charge in [0.25, 0.3) is 0 Å². The normalized spacial score (nSPS) is 15.8. The van der Waals surface area contributed by atoms with Gasteiger partial charge in [-0.15, -0.1) is 0 Å². The topological polar surface area (TPSA) is 61.7 Å². The average molecular weight is 486 g/mol. The summed E-state index contributed by atoms with van der Waals surface area (Å²) in [6, 6.07) is 25.9. The van der Waals surface area contributed by atoms with Crippen LogP contribution in [0.25, 0.3) is 11.1 Å². The van der Waals surface area contributed by atoms with E-state index < -0.39 is 6.10 Å². The minimum absolute atomic E-state index is 0.256. The minimum atomic E-state index is -0.537. The molecule has 190 valence electrons. The highest BCUT2D eigenvalue weighted by atomic mass is 16.5. The Morgan fingerprint density at radius 1 is 0.861 bits per heavy atom. The number of rotatable bonds is 11. The Morgan fingerprint density at radius 3 is 2.14 bits per heavy atom. The molecule has 3 aromatic carbocycles. The first-order chi connectivity index (χ1) is 17.6. The molecule has 1 aliphatic rings. The lowest BCUT2D eigenvalue weighted by Gasteiger charge is -2.22. The second-order valence-electron chi connectivity index (χ2n) is 9.77. The van der Waals surface area contributed by atoms with Gasteiger partial charge >= 0.3 is 0 Å². The number of phenolic OH excluding ortho intramolecular Hbond substituents is 1. The number of allylic oxidation sites excluding steroid dienone is 1. The van der Waals surface area contributed by atoms with Gasteiger partial charge in [0.2, 0.25) is 0 Å². The van der Waals surface area contributed by atoms with Crippen LogP contribution < -0.4 is 10.1 Å². The zero-order valence-corrected chi connectivity index (χ0v) is 21.3. The molecule has 3 N–H and O–H groups in total. The molecule has 1 aliphatic carbocycles. The molecule has 0 bridgehead atoms. The summed E-state index contributed by atoms with van der Waals surface area (Å²) in [5, 5.41) is 23.6. The Kier molecular flexibility index (Phi) is 9.60. The van der Waals surface area contributed by atoms with E-state index in [-0.39, 0.29) is 12.4 Å². The van der Waals surface area contributed by atoms with Crippen LogP contribution in [0.5, 0.6) is 11.5 Å². The van der Waals surface area contributed by atoms with Crippen molar-refractivity contribution in [3.05, 3.63) is 95.6 Å². The maximum atomic E-state index is 10.4. The molecule has 36 heavy (non-hydrogen) atoms. The number of hydrogen-bond donors (Lipinski definition) is 3. The van der Waals surface area contributed by atoms with Crippen molar-refractivity contribution in [2.45, 2.75) is 51.6 Å². The maximum absolute atomic E-state index is 10.4. The summed E-state index contributed by atoms with van der Waals surface area (Å²) in [7, 11) is 0. The summed E-state index contributed by atoms with van der Waals surface area (Å²) < 4.78 is 5.90. The van der Waals surface area contributed by atoms with E-state index in [1.807, 2.05) is 30.3 Å². The van der Waals surface area contributed by atoms with E-state index in [0.29, 0.717) is 6.54 Å². The Morgan fingerprint density at radius 2 is 1.50 bits per heavy atom. The molecule has 1 atom stereocenters. The van der Waals surface area contributed by atoms with Gasteiger partial charge in [-0.2, -0.15) is 0 Å². The van der Waals surface area contributed by atoms with E-state index in [2.05, 4.69) is 48.6 Å². The monoisotopic (exact) mass is 485 g/mol. The highest BCUT2D eigenvalue weighted by Gasteiger charge is 2.15. The number of nitrogens with one attached hydrogen (secondary N) is 1. The number of benzene rings is 3. The maximum Gasteiger partial charge on any atom is 0.119 e. The molecule has 0 aromatic heterocycles. The van der Waals surface area contributed by atoms with E-state index in [0.717, 1.165) is 41.3 Å². The Hall–Kier alpha value is -3.08. The van der Waals surface area contributed by atoms with Gasteiger partial charge in [-0.25, -0.2) is 0 Å². The molecule has 0 spiro atoms. The second-order valence-corrected chi connectivity index (χ2v) is 9.77. The van der Waals surface area contributed by atoms with Gasteiger partial charge in [0.15, 0.2) is 0 Å². The van der Waals surface area contributed by atoms with E-state index in [9.17, 15) is 10.2 Å². The molecule has 0 amide bonds. The van der Waals surface area contributed by atoms with E-state index in [1.54, 1.807) is 12.1 Å². The molecule has 1 saturated carbocycles. The zero-order valence-electron chi connectivity index (χ0n) is 21.3. The standard InChI is InChI=1S/C32H39NO3/c1-2-31(25-11-7-4-8-12-25)32(26-13-17-28(34)18-14-26)27-15-19-30(20-16-27)36-23-29(35)22-33-21-24-9-5-3-6-10-24/h4,7-8,11-20,24,29,33-35H,2-3,5-6,9-10,21-23H2,1H3/b32-31-. The first-order valence-electron chi connectivity index (χ1n) is 13.3. The lowest BCUT2D eigenvalue weighted by Crippen LogP contribution is -2.34. The van der Waals surface area contributed by atoms with Crippen molar-refractivity contribution in [3.63, 3.8) is 0 Å². The number of aromatic hydroxyl groups is 1. The molecule has 0 saturated heterocycles. The summed E-state index contributed by atoms with van der Waals surface area (Å²) >= 11 is 0. The van der Waals surface area contributed by atoms with E-state index in [4.69, 9.17) is 4.74 Å². The molecule has 3 aromatic rings. The fraction of sp³-hybridized carbons (Fsp3) is 0.375. The Balaban J connectivity index is 1.44. The third-order valence-electron chi connectivity index (χ3n) is 7.06. The fourth-order valence-electron chi connectivity index (χ4n) is 5.12. The predicted octanol–water partition coefficient (Wildman–Crippen LogP) is 6.67. The first-order valence-corrected chi connectivity index (χ1v) is 13.3. The molecule has 0 aliphatic heterocycles. The van der Waals surface area contributed by atoms with Crippen LogP contribution in [0.1, 0.15) is 62.1 Å². The van der Waals surface area contributed by atoms with Crippen molar-refractivity contribution in [2.75, 3.05) is 19.7 Å². The summed E-state index contributed by atoms with van der Waals surface area (Å²) in [6.45, 7) is 3.98. The van der Waals surface area contributed by atoms with Crippen LogP contribution in [0.4, 0.5) is 0 Å². The molecule has 4 heteroatoms. The number of hydrogen-bond acceptors (Lipinski definition) is 4. The number of phenols is 1. The summed E-state index contributed by atoms with van der Waals surface area (Å²) in [4.78, 5) is 0. The van der Waals surface area contributed by atoms with Crippen LogP contribution in [0.15, 0.2) is 78.9 Å². The minimum Gasteiger partial charge on any atom is -0.508 e. The lowest BCUT2D eigenvalue weighted by molar-refractivity contribution is 0.105. The van der Waals surface area contributed by atoms with Crippen LogP contribution in [0.3, 0.4) is 0 Å². The van der Waals surface area contributed by atoms with Crippen LogP contribution in [-0.2, 0) is 0 Å². The van der Waals surface area contributed by atoms with Gasteiger partial charge in [-0.05, 0) is 83.8 Å². The molecular formula is C32H39NO3. The lowest BCUT2D eigenvalue weighted by atomic mass is 9.88. The smallest absolute Gasteiger partial charge is 0.119 e. The molecule has 0 radical (unpaired) electrons. The molecule has 4 rings (SSSR count). The SMILES string of the molecule is CC/C(=C(\c1ccc(O)cc1)c1ccc(OCC(O)CNCC2CCCCC2)cc1)c1ccccc1. The van der Waals surface area contributed by atoms with Crippen molar-refractivity contribution in [1.82, 2.24) is 5.32 Å². The number of ether oxygens (including phenoxy) is 1. The number of aliphatic hydroxyl groups excluding tert-OH is 1. The molecule has 1 fully saturated rings. The van der Waals surface area contributed by atoms with Crippen LogP contribution in [0.2, 0.25) is 0 Å². The third kappa shape index (κ3) is 7.22. The second kappa shape index (κ2) is 13.3. The molecular weight excluding hydrogens is 446 g/mol. The summed E-state index contributed by atoms with van der Waals surface area (Å²) in [5.74, 6) is 1.75. The van der Waals surface area contributed by atoms with Crippen molar-refractivity contribution >= 4 is 11.1 Å². The van der Waals surface area contributed by atoms with Crippen LogP contribution in [0, 0.1) is 5.92 Å². The Bertz CT molecular complexity index is 1080. The van der Waals surface area contributed by atoms with E-state index >= 15 is 0 Å². The molecule has 0 heterocycles. The van der Waals surface area contributed by atoms with Crippen molar-refractivity contribution in [1.29, 1.82) is 0 Å². The fourth-order valence-corrected chi connectivity index (χ4v) is 5.12. The van der Waals surface area contributed by atoms with Gasteiger partial charge in [-0.3, -0.25) is 0 Å². The highest BCUT2D eigenvalue weighted by Crippen LogP contribution is 2.35. The predicted molar refractivity (Wildman–Crippen MR) is 148 cm³/mol. The quantitative estimate of drug-likeness (QED) is 0.265. The number of aliphatic hydroxyl groups is 1. The first kappa shape index (κ1) is 26.0. The van der Waals surface area contributed by atoms with Gasteiger partial charge in [0, 0.05) is 6.54 Å². The molecule has 1 unspecified atom stereocenters. The zero-order chi connectivity index (χ0) is 25.2. The molecule has 4 nitrogen and oxygen atoms in total. The van der Waals surface area contributed by atoms with Crippen LogP contribution in [-0.4, -0.2) is 36.0 Å². The average Bonchev–Trinajstić information content (AvgIpc) is 2.93.